The van der Waals surface area contributed by atoms with Gasteiger partial charge in [-0.05, 0) is 130 Å². The molecule has 0 spiro atoms. The second kappa shape index (κ2) is 12.7. The fourth-order valence-electron chi connectivity index (χ4n) is 11.0. The van der Waals surface area contributed by atoms with E-state index in [9.17, 15) is 0 Å². The Morgan fingerprint density at radius 1 is 0.194 bits per heavy atom. The molecule has 0 aliphatic carbocycles. The van der Waals surface area contributed by atoms with E-state index >= 15 is 0 Å². The molecule has 0 aliphatic rings. The van der Waals surface area contributed by atoms with E-state index in [4.69, 9.17) is 0 Å². The Bertz CT molecular complexity index is 4150. The van der Waals surface area contributed by atoms with Gasteiger partial charge in [-0.1, -0.05) is 164 Å². The maximum Gasteiger partial charge on any atom is 0.0548 e. The van der Waals surface area contributed by atoms with Crippen LogP contribution in [0.25, 0.3) is 131 Å². The number of nitrogens with zero attached hydrogens (tertiary/aromatic N) is 2. The van der Waals surface area contributed by atoms with Crippen LogP contribution in [-0.4, -0.2) is 9.13 Å². The number of rotatable bonds is 3. The van der Waals surface area contributed by atoms with Crippen molar-refractivity contribution in [2.45, 2.75) is 0 Å². The Balaban J connectivity index is 0.996. The number of hydrogen-bond donors (Lipinski definition) is 0. The first-order chi connectivity index (χ1) is 30.8. The van der Waals surface area contributed by atoms with Crippen LogP contribution in [-0.2, 0) is 0 Å². The predicted molar refractivity (Wildman–Crippen MR) is 266 cm³/mol. The molecule has 0 amide bonds. The second-order valence-corrected chi connectivity index (χ2v) is 16.8. The largest absolute Gasteiger partial charge is 0.309 e. The average Bonchev–Trinajstić information content (AvgIpc) is 3.87. The van der Waals surface area contributed by atoms with Gasteiger partial charge in [-0.3, -0.25) is 0 Å². The Hall–Kier alpha value is -8.20. The van der Waals surface area contributed by atoms with Crippen LogP contribution >= 0.6 is 0 Å². The maximum atomic E-state index is 2.48. The van der Waals surface area contributed by atoms with Gasteiger partial charge in [0.15, 0.2) is 0 Å². The summed E-state index contributed by atoms with van der Waals surface area (Å²) in [5.41, 5.74) is 9.52. The predicted octanol–water partition coefficient (Wildman–Crippen LogP) is 16.5. The Kier molecular flexibility index (Phi) is 6.86. The SMILES string of the molecule is c1cc(-c2ccc3c4ccccc4c4ccccc4c3c2)cc(-n2c3ccccc3c3c4c5ccccc5n(-c5ccc6c7ccccc7c7ccccc7c6c5)c4ccc32)c1. The Labute approximate surface area is 356 Å². The van der Waals surface area contributed by atoms with E-state index in [1.165, 1.54) is 119 Å². The van der Waals surface area contributed by atoms with Gasteiger partial charge >= 0.3 is 0 Å². The molecule has 2 heteroatoms. The molecule has 14 aromatic rings. The van der Waals surface area contributed by atoms with E-state index in [1.54, 1.807) is 0 Å². The van der Waals surface area contributed by atoms with E-state index in [2.05, 4.69) is 228 Å². The van der Waals surface area contributed by atoms with E-state index < -0.39 is 0 Å². The maximum absolute atomic E-state index is 2.48. The van der Waals surface area contributed by atoms with Gasteiger partial charge in [-0.25, -0.2) is 0 Å². The summed E-state index contributed by atoms with van der Waals surface area (Å²) in [5.74, 6) is 0. The third kappa shape index (κ3) is 4.58. The number of para-hydroxylation sites is 2. The molecule has 2 nitrogen and oxygen atoms in total. The molecular formula is C60H36N2. The molecular weight excluding hydrogens is 749 g/mol. The molecule has 286 valence electrons. The lowest BCUT2D eigenvalue weighted by molar-refractivity contribution is 1.17. The standard InChI is InChI=1S/C60H36N2/c1-3-20-45-41(16-1)43-18-5-7-22-47(43)53-35-38(28-30-49(45)53)37-14-13-15-39(34-37)61-55-26-11-9-24-51(55)59-57(61)32-33-58-60(59)52-25-10-12-27-56(52)62(58)40-29-31-50-46-21-4-2-17-42(46)44-19-6-8-23-48(44)54(50)36-40/h1-36H. The fourth-order valence-corrected chi connectivity index (χ4v) is 11.0. The van der Waals surface area contributed by atoms with Crippen molar-refractivity contribution in [1.82, 2.24) is 9.13 Å². The van der Waals surface area contributed by atoms with E-state index in [0.717, 1.165) is 11.4 Å². The van der Waals surface area contributed by atoms with Gasteiger partial charge in [0.25, 0.3) is 0 Å². The zero-order valence-electron chi connectivity index (χ0n) is 33.7. The molecule has 0 bridgehead atoms. The summed E-state index contributed by atoms with van der Waals surface area (Å²) in [5, 5.41) is 20.5. The molecule has 0 saturated carbocycles. The van der Waals surface area contributed by atoms with Crippen molar-refractivity contribution < 1.29 is 0 Å². The van der Waals surface area contributed by atoms with Crippen LogP contribution in [0.15, 0.2) is 218 Å². The van der Waals surface area contributed by atoms with Gasteiger partial charge in [0.2, 0.25) is 0 Å². The van der Waals surface area contributed by atoms with Gasteiger partial charge in [-0.2, -0.15) is 0 Å². The summed E-state index contributed by atoms with van der Waals surface area (Å²) < 4.78 is 4.95. The van der Waals surface area contributed by atoms with Gasteiger partial charge in [0, 0.05) is 32.9 Å². The lowest BCUT2D eigenvalue weighted by atomic mass is 9.92. The van der Waals surface area contributed by atoms with Crippen molar-refractivity contribution in [3.05, 3.63) is 218 Å². The van der Waals surface area contributed by atoms with Crippen molar-refractivity contribution in [3.63, 3.8) is 0 Å². The molecule has 0 atom stereocenters. The Morgan fingerprint density at radius 3 is 1.03 bits per heavy atom. The van der Waals surface area contributed by atoms with Crippen LogP contribution in [0.4, 0.5) is 0 Å². The molecule has 62 heavy (non-hydrogen) atoms. The lowest BCUT2D eigenvalue weighted by Gasteiger charge is -2.14. The third-order valence-electron chi connectivity index (χ3n) is 13.6. The monoisotopic (exact) mass is 784 g/mol. The summed E-state index contributed by atoms with van der Waals surface area (Å²) in [6.45, 7) is 0. The zero-order valence-corrected chi connectivity index (χ0v) is 33.7. The highest BCUT2D eigenvalue weighted by atomic mass is 15.0. The molecule has 12 aromatic carbocycles. The molecule has 0 fully saturated rings. The van der Waals surface area contributed by atoms with Crippen LogP contribution in [0.2, 0.25) is 0 Å². The molecule has 0 N–H and O–H groups in total. The number of aromatic nitrogens is 2. The van der Waals surface area contributed by atoms with Crippen LogP contribution in [0.1, 0.15) is 0 Å². The summed E-state index contributed by atoms with van der Waals surface area (Å²) in [4.78, 5) is 0. The molecule has 2 aromatic heterocycles. The third-order valence-corrected chi connectivity index (χ3v) is 13.6. The molecule has 0 saturated heterocycles. The van der Waals surface area contributed by atoms with E-state index in [0.29, 0.717) is 0 Å². The van der Waals surface area contributed by atoms with E-state index in [1.807, 2.05) is 0 Å². The van der Waals surface area contributed by atoms with Crippen LogP contribution < -0.4 is 0 Å². The van der Waals surface area contributed by atoms with Crippen LogP contribution in [0.5, 0.6) is 0 Å². The van der Waals surface area contributed by atoms with Crippen molar-refractivity contribution in [2.24, 2.45) is 0 Å². The summed E-state index contributed by atoms with van der Waals surface area (Å²) >= 11 is 0. The molecule has 0 aliphatic heterocycles. The minimum absolute atomic E-state index is 1.15. The first-order valence-corrected chi connectivity index (χ1v) is 21.5. The second-order valence-electron chi connectivity index (χ2n) is 16.8. The van der Waals surface area contributed by atoms with Crippen LogP contribution in [0.3, 0.4) is 0 Å². The smallest absolute Gasteiger partial charge is 0.0548 e. The number of hydrogen-bond acceptors (Lipinski definition) is 0. The highest BCUT2D eigenvalue weighted by Crippen LogP contribution is 2.44. The average molecular weight is 785 g/mol. The summed E-state index contributed by atoms with van der Waals surface area (Å²) in [6, 6.07) is 81.0. The minimum atomic E-state index is 1.15. The number of fused-ring (bicyclic) bond motifs is 19. The highest BCUT2D eigenvalue weighted by Gasteiger charge is 2.21. The normalized spacial score (nSPS) is 12.2. The zero-order chi connectivity index (χ0) is 40.5. The molecule has 0 unspecified atom stereocenters. The van der Waals surface area contributed by atoms with Crippen LogP contribution in [0, 0.1) is 0 Å². The lowest BCUT2D eigenvalue weighted by Crippen LogP contribution is -1.96. The summed E-state index contributed by atoms with van der Waals surface area (Å²) in [7, 11) is 0. The summed E-state index contributed by atoms with van der Waals surface area (Å²) in [6.07, 6.45) is 0. The van der Waals surface area contributed by atoms with Crippen molar-refractivity contribution >= 4 is 108 Å². The first-order valence-electron chi connectivity index (χ1n) is 21.5. The Morgan fingerprint density at radius 2 is 0.548 bits per heavy atom. The van der Waals surface area contributed by atoms with E-state index in [-0.39, 0.29) is 0 Å². The fraction of sp³-hybridized carbons (Fsp3) is 0. The van der Waals surface area contributed by atoms with Crippen molar-refractivity contribution in [2.75, 3.05) is 0 Å². The molecule has 14 rings (SSSR count). The van der Waals surface area contributed by atoms with Gasteiger partial charge < -0.3 is 9.13 Å². The van der Waals surface area contributed by atoms with Crippen molar-refractivity contribution in [3.8, 4) is 22.5 Å². The van der Waals surface area contributed by atoms with Gasteiger partial charge in [-0.15, -0.1) is 0 Å². The highest BCUT2D eigenvalue weighted by molar-refractivity contribution is 6.30. The van der Waals surface area contributed by atoms with Gasteiger partial charge in [0.1, 0.15) is 0 Å². The van der Waals surface area contributed by atoms with Gasteiger partial charge in [0.05, 0.1) is 22.1 Å². The number of benzene rings is 12. The quantitative estimate of drug-likeness (QED) is 0.158. The topological polar surface area (TPSA) is 9.86 Å². The van der Waals surface area contributed by atoms with Crippen molar-refractivity contribution in [1.29, 1.82) is 0 Å². The first kappa shape index (κ1) is 33.6. The minimum Gasteiger partial charge on any atom is -0.309 e. The molecule has 0 radical (unpaired) electrons. The molecule has 2 heterocycles.